The Bertz CT molecular complexity index is 1050. The molecule has 132 valence electrons. The maximum Gasteiger partial charge on any atom is 0.115 e. The highest BCUT2D eigenvalue weighted by atomic mass is 16.3. The molecular formula is C26H22O. The third-order valence-corrected chi connectivity index (χ3v) is 4.29. The van der Waals surface area contributed by atoms with Crippen molar-refractivity contribution in [2.24, 2.45) is 0 Å². The molecule has 0 amide bonds. The summed E-state index contributed by atoms with van der Waals surface area (Å²) in [7, 11) is 0. The first kappa shape index (κ1) is 18.4. The number of benzene rings is 3. The fourth-order valence-corrected chi connectivity index (χ4v) is 2.70. The Labute approximate surface area is 161 Å². The first-order chi connectivity index (χ1) is 13.0. The summed E-state index contributed by atoms with van der Waals surface area (Å²) >= 11 is 0. The zero-order valence-electron chi connectivity index (χ0n) is 15.9. The van der Waals surface area contributed by atoms with Crippen molar-refractivity contribution < 1.29 is 5.11 Å². The second kappa shape index (κ2) is 8.31. The third kappa shape index (κ3) is 5.04. The van der Waals surface area contributed by atoms with Crippen LogP contribution in [-0.2, 0) is 0 Å². The van der Waals surface area contributed by atoms with Gasteiger partial charge in [-0.15, -0.1) is 0 Å². The number of hydrogen-bond donors (Lipinski definition) is 1. The predicted octanol–water partition coefficient (Wildman–Crippen LogP) is 5.62. The highest BCUT2D eigenvalue weighted by molar-refractivity contribution is 5.53. The van der Waals surface area contributed by atoms with Crippen LogP contribution < -0.4 is 0 Å². The average molecular weight is 350 g/mol. The van der Waals surface area contributed by atoms with Gasteiger partial charge < -0.3 is 5.11 Å². The standard InChI is InChI=1S/C26H22O/c1-19(2)26-18-23(9-8-21-6-4-20(3)5-7-21)11-15-24(26)14-10-22-12-16-25(27)17-13-22/h4-7,11-13,15-19,27H,1-3H3. The smallest absolute Gasteiger partial charge is 0.115 e. The molecule has 0 aliphatic carbocycles. The molecule has 27 heavy (non-hydrogen) atoms. The molecule has 0 aliphatic heterocycles. The van der Waals surface area contributed by atoms with Crippen LogP contribution in [0.15, 0.2) is 66.7 Å². The lowest BCUT2D eigenvalue weighted by molar-refractivity contribution is 0.475. The zero-order valence-corrected chi connectivity index (χ0v) is 15.9. The Morgan fingerprint density at radius 1 is 0.667 bits per heavy atom. The van der Waals surface area contributed by atoms with Gasteiger partial charge >= 0.3 is 0 Å². The van der Waals surface area contributed by atoms with Gasteiger partial charge in [-0.1, -0.05) is 55.2 Å². The molecule has 1 N–H and O–H groups in total. The summed E-state index contributed by atoms with van der Waals surface area (Å²) in [5.74, 6) is 13.5. The molecule has 3 aromatic carbocycles. The summed E-state index contributed by atoms with van der Waals surface area (Å²) in [6.07, 6.45) is 0. The predicted molar refractivity (Wildman–Crippen MR) is 112 cm³/mol. The second-order valence-electron chi connectivity index (χ2n) is 6.87. The largest absolute Gasteiger partial charge is 0.508 e. The van der Waals surface area contributed by atoms with E-state index in [0.717, 1.165) is 22.3 Å². The van der Waals surface area contributed by atoms with Crippen LogP contribution in [0.5, 0.6) is 5.75 Å². The number of aromatic hydroxyl groups is 1. The highest BCUT2D eigenvalue weighted by Crippen LogP contribution is 2.21. The van der Waals surface area contributed by atoms with Gasteiger partial charge in [0.1, 0.15) is 5.75 Å². The lowest BCUT2D eigenvalue weighted by atomic mass is 9.95. The summed E-state index contributed by atoms with van der Waals surface area (Å²) < 4.78 is 0. The quantitative estimate of drug-likeness (QED) is 0.565. The number of aryl methyl sites for hydroxylation is 1. The van der Waals surface area contributed by atoms with Gasteiger partial charge in [-0.05, 0) is 73.0 Å². The van der Waals surface area contributed by atoms with Crippen LogP contribution in [0.4, 0.5) is 0 Å². The van der Waals surface area contributed by atoms with Crippen molar-refractivity contribution >= 4 is 0 Å². The lowest BCUT2D eigenvalue weighted by Crippen LogP contribution is -1.94. The molecule has 1 heteroatoms. The molecule has 1 nitrogen and oxygen atoms in total. The Hall–Kier alpha value is -3.42. The monoisotopic (exact) mass is 350 g/mol. The van der Waals surface area contributed by atoms with Crippen molar-refractivity contribution in [3.63, 3.8) is 0 Å². The molecule has 0 heterocycles. The maximum atomic E-state index is 9.37. The summed E-state index contributed by atoms with van der Waals surface area (Å²) in [6.45, 7) is 6.40. The van der Waals surface area contributed by atoms with Gasteiger partial charge in [0, 0.05) is 22.3 Å². The molecular weight excluding hydrogens is 328 g/mol. The third-order valence-electron chi connectivity index (χ3n) is 4.29. The molecule has 0 saturated carbocycles. The minimum absolute atomic E-state index is 0.250. The van der Waals surface area contributed by atoms with Crippen molar-refractivity contribution in [2.45, 2.75) is 26.7 Å². The Morgan fingerprint density at radius 3 is 1.81 bits per heavy atom. The van der Waals surface area contributed by atoms with Gasteiger partial charge in [-0.25, -0.2) is 0 Å². The molecule has 0 atom stereocenters. The van der Waals surface area contributed by atoms with Gasteiger partial charge in [0.05, 0.1) is 0 Å². The normalized spacial score (nSPS) is 9.93. The van der Waals surface area contributed by atoms with Crippen LogP contribution in [0, 0.1) is 30.6 Å². The highest BCUT2D eigenvalue weighted by Gasteiger charge is 2.05. The molecule has 0 unspecified atom stereocenters. The Kier molecular flexibility index (Phi) is 5.65. The molecule has 0 radical (unpaired) electrons. The van der Waals surface area contributed by atoms with E-state index in [1.807, 2.05) is 36.4 Å². The summed E-state index contributed by atoms with van der Waals surface area (Å²) in [5.41, 5.74) is 6.33. The molecule has 0 spiro atoms. The van der Waals surface area contributed by atoms with Crippen LogP contribution in [-0.4, -0.2) is 5.11 Å². The van der Waals surface area contributed by atoms with Crippen molar-refractivity contribution in [3.05, 3.63) is 100 Å². The number of phenols is 1. The summed E-state index contributed by atoms with van der Waals surface area (Å²) in [5, 5.41) is 9.37. The average Bonchev–Trinajstić information content (AvgIpc) is 2.67. The fourth-order valence-electron chi connectivity index (χ4n) is 2.70. The van der Waals surface area contributed by atoms with E-state index in [9.17, 15) is 5.11 Å². The number of rotatable bonds is 1. The first-order valence-electron chi connectivity index (χ1n) is 9.05. The molecule has 0 aliphatic rings. The van der Waals surface area contributed by atoms with E-state index in [0.29, 0.717) is 5.92 Å². The van der Waals surface area contributed by atoms with Crippen molar-refractivity contribution in [2.75, 3.05) is 0 Å². The lowest BCUT2D eigenvalue weighted by Gasteiger charge is -2.09. The van der Waals surface area contributed by atoms with E-state index in [1.165, 1.54) is 11.1 Å². The molecule has 0 saturated heterocycles. The van der Waals surface area contributed by atoms with Crippen LogP contribution in [0.25, 0.3) is 0 Å². The topological polar surface area (TPSA) is 20.2 Å². The minimum atomic E-state index is 0.250. The van der Waals surface area contributed by atoms with Gasteiger partial charge in [-0.2, -0.15) is 0 Å². The SMILES string of the molecule is Cc1ccc(C#Cc2ccc(C#Cc3ccc(O)cc3)c(C(C)C)c2)cc1. The van der Waals surface area contributed by atoms with Gasteiger partial charge in [-0.3, -0.25) is 0 Å². The van der Waals surface area contributed by atoms with Crippen molar-refractivity contribution in [3.8, 4) is 29.4 Å². The van der Waals surface area contributed by atoms with Crippen LogP contribution in [0.1, 0.15) is 53.1 Å². The number of hydrogen-bond acceptors (Lipinski definition) is 1. The van der Waals surface area contributed by atoms with Crippen LogP contribution in [0.3, 0.4) is 0 Å². The second-order valence-corrected chi connectivity index (χ2v) is 6.87. The summed E-state index contributed by atoms with van der Waals surface area (Å²) in [4.78, 5) is 0. The first-order valence-corrected chi connectivity index (χ1v) is 9.05. The van der Waals surface area contributed by atoms with Gasteiger partial charge in [0.15, 0.2) is 0 Å². The molecule has 0 bridgehead atoms. The molecule has 0 fully saturated rings. The Morgan fingerprint density at radius 2 is 1.19 bits per heavy atom. The summed E-state index contributed by atoms with van der Waals surface area (Å²) in [6, 6.07) is 21.4. The van der Waals surface area contributed by atoms with Crippen LogP contribution >= 0.6 is 0 Å². The Balaban J connectivity index is 1.89. The van der Waals surface area contributed by atoms with E-state index in [4.69, 9.17) is 0 Å². The van der Waals surface area contributed by atoms with E-state index >= 15 is 0 Å². The molecule has 3 rings (SSSR count). The zero-order chi connectivity index (χ0) is 19.2. The van der Waals surface area contributed by atoms with Gasteiger partial charge in [0.25, 0.3) is 0 Å². The maximum absolute atomic E-state index is 9.37. The number of phenolic OH excluding ortho intramolecular Hbond substituents is 1. The molecule has 0 aromatic heterocycles. The van der Waals surface area contributed by atoms with E-state index in [1.54, 1.807) is 12.1 Å². The van der Waals surface area contributed by atoms with Crippen LogP contribution in [0.2, 0.25) is 0 Å². The fraction of sp³-hybridized carbons (Fsp3) is 0.154. The van der Waals surface area contributed by atoms with Crippen molar-refractivity contribution in [1.29, 1.82) is 0 Å². The van der Waals surface area contributed by atoms with Gasteiger partial charge in [0.2, 0.25) is 0 Å². The minimum Gasteiger partial charge on any atom is -0.508 e. The van der Waals surface area contributed by atoms with Crippen molar-refractivity contribution in [1.82, 2.24) is 0 Å². The van der Waals surface area contributed by atoms with E-state index in [2.05, 4.69) is 62.7 Å². The van der Waals surface area contributed by atoms with E-state index < -0.39 is 0 Å². The van der Waals surface area contributed by atoms with E-state index in [-0.39, 0.29) is 5.75 Å². The molecule has 3 aromatic rings.